The summed E-state index contributed by atoms with van der Waals surface area (Å²) in [4.78, 5) is 28.0. The third-order valence-corrected chi connectivity index (χ3v) is 6.60. The van der Waals surface area contributed by atoms with Crippen LogP contribution in [0.4, 0.5) is 4.79 Å². The van der Waals surface area contributed by atoms with Crippen molar-refractivity contribution >= 4 is 12.1 Å². The van der Waals surface area contributed by atoms with Gasteiger partial charge in [0.25, 0.3) is 0 Å². The lowest BCUT2D eigenvalue weighted by Gasteiger charge is -2.27. The van der Waals surface area contributed by atoms with Crippen molar-refractivity contribution in [1.82, 2.24) is 25.3 Å². The Hall–Kier alpha value is -3.17. The van der Waals surface area contributed by atoms with Crippen LogP contribution in [0.15, 0.2) is 12.1 Å². The van der Waals surface area contributed by atoms with E-state index in [0.717, 1.165) is 19.3 Å². The van der Waals surface area contributed by atoms with E-state index >= 15 is 0 Å². The Labute approximate surface area is 192 Å². The normalized spacial score (nSPS) is 24.2. The minimum absolute atomic E-state index is 0.132. The van der Waals surface area contributed by atoms with Crippen molar-refractivity contribution in [2.45, 2.75) is 58.6 Å². The van der Waals surface area contributed by atoms with E-state index in [-0.39, 0.29) is 18.6 Å². The number of carbonyl (C=O) groups is 2. The van der Waals surface area contributed by atoms with Gasteiger partial charge in [-0.1, -0.05) is 12.1 Å². The summed E-state index contributed by atoms with van der Waals surface area (Å²) in [7, 11) is 1.76. The first-order valence-corrected chi connectivity index (χ1v) is 11.5. The molecule has 0 spiro atoms. The summed E-state index contributed by atoms with van der Waals surface area (Å²) in [6, 6.07) is 3.64. The number of amides is 1. The Morgan fingerprint density at radius 3 is 2.76 bits per heavy atom. The molecular formula is C23H31N5O5. The highest BCUT2D eigenvalue weighted by Gasteiger charge is 2.33. The monoisotopic (exact) mass is 457 g/mol. The standard InChI is InChI=1S/C23H31N5O5/c1-13-9-16(13)12-32-23(31)24-11-19-21(26-27-28(19)3)18-7-8-20(14(2)25-18)33-17-6-4-5-15(10-17)22(29)30/h7-8,13,15-17H,4-6,9-12H2,1-3H3,(H,24,31)(H,29,30)/t13?,15-,16?,17-/m0/s1. The maximum atomic E-state index is 12.0. The van der Waals surface area contributed by atoms with Crippen LogP contribution >= 0.6 is 0 Å². The van der Waals surface area contributed by atoms with Gasteiger partial charge in [-0.2, -0.15) is 0 Å². The van der Waals surface area contributed by atoms with Gasteiger partial charge in [-0.15, -0.1) is 5.10 Å². The lowest BCUT2D eigenvalue weighted by Crippen LogP contribution is -2.29. The summed E-state index contributed by atoms with van der Waals surface area (Å²) in [6.45, 7) is 4.66. The summed E-state index contributed by atoms with van der Waals surface area (Å²) in [5.41, 5.74) is 2.60. The second-order valence-electron chi connectivity index (χ2n) is 9.16. The minimum Gasteiger partial charge on any atom is -0.489 e. The molecule has 4 atom stereocenters. The van der Waals surface area contributed by atoms with Crippen molar-refractivity contribution in [1.29, 1.82) is 0 Å². The number of nitrogens with zero attached hydrogens (tertiary/aromatic N) is 4. The number of aliphatic carboxylic acids is 1. The lowest BCUT2D eigenvalue weighted by molar-refractivity contribution is -0.143. The number of carboxylic acids is 1. The Balaban J connectivity index is 1.39. The molecular weight excluding hydrogens is 426 g/mol. The van der Waals surface area contributed by atoms with E-state index in [0.29, 0.717) is 59.8 Å². The Morgan fingerprint density at radius 2 is 2.06 bits per heavy atom. The van der Waals surface area contributed by atoms with Gasteiger partial charge in [-0.3, -0.25) is 4.79 Å². The van der Waals surface area contributed by atoms with Crippen molar-refractivity contribution in [3.05, 3.63) is 23.5 Å². The molecule has 4 rings (SSSR count). The molecule has 33 heavy (non-hydrogen) atoms. The fraction of sp³-hybridized carbons (Fsp3) is 0.609. The van der Waals surface area contributed by atoms with Crippen molar-refractivity contribution in [3.8, 4) is 17.1 Å². The molecule has 0 radical (unpaired) electrons. The fourth-order valence-corrected chi connectivity index (χ4v) is 4.26. The van der Waals surface area contributed by atoms with Gasteiger partial charge in [-0.25, -0.2) is 14.5 Å². The molecule has 2 aliphatic carbocycles. The van der Waals surface area contributed by atoms with Gasteiger partial charge in [-0.05, 0) is 63.0 Å². The summed E-state index contributed by atoms with van der Waals surface area (Å²) < 4.78 is 13.0. The lowest BCUT2D eigenvalue weighted by atomic mass is 9.87. The SMILES string of the molecule is Cc1nc(-c2nnn(C)c2CNC(=O)OCC2CC2C)ccc1O[C@H]1CCC[C@H](C(=O)O)C1. The average Bonchev–Trinajstić information content (AvgIpc) is 3.38. The van der Waals surface area contributed by atoms with Gasteiger partial charge in [0, 0.05) is 7.05 Å². The van der Waals surface area contributed by atoms with E-state index in [1.807, 2.05) is 13.0 Å². The molecule has 2 aromatic rings. The van der Waals surface area contributed by atoms with Crippen LogP contribution in [-0.2, 0) is 23.1 Å². The second kappa shape index (κ2) is 9.76. The summed E-state index contributed by atoms with van der Waals surface area (Å²) >= 11 is 0. The van der Waals surface area contributed by atoms with Crippen molar-refractivity contribution in [2.24, 2.45) is 24.8 Å². The minimum atomic E-state index is -0.761. The molecule has 2 aliphatic rings. The number of rotatable bonds is 8. The number of ether oxygens (including phenoxy) is 2. The predicted molar refractivity (Wildman–Crippen MR) is 118 cm³/mol. The molecule has 0 saturated heterocycles. The van der Waals surface area contributed by atoms with E-state index in [1.165, 1.54) is 0 Å². The zero-order chi connectivity index (χ0) is 23.5. The van der Waals surface area contributed by atoms with Crippen LogP contribution in [-0.4, -0.2) is 49.9 Å². The van der Waals surface area contributed by atoms with Gasteiger partial charge in [0.15, 0.2) is 0 Å². The molecule has 178 valence electrons. The Kier molecular flexibility index (Phi) is 6.80. The highest BCUT2D eigenvalue weighted by Crippen LogP contribution is 2.37. The van der Waals surface area contributed by atoms with Crippen molar-refractivity contribution < 1.29 is 24.2 Å². The van der Waals surface area contributed by atoms with Crippen LogP contribution in [0.25, 0.3) is 11.4 Å². The average molecular weight is 458 g/mol. The second-order valence-corrected chi connectivity index (χ2v) is 9.16. The van der Waals surface area contributed by atoms with Gasteiger partial charge in [0.05, 0.1) is 42.3 Å². The topological polar surface area (TPSA) is 128 Å². The van der Waals surface area contributed by atoms with Gasteiger partial charge in [0.1, 0.15) is 11.4 Å². The van der Waals surface area contributed by atoms with Crippen LogP contribution in [0.1, 0.15) is 50.4 Å². The van der Waals surface area contributed by atoms with Crippen LogP contribution in [0.3, 0.4) is 0 Å². The first-order valence-electron chi connectivity index (χ1n) is 11.5. The summed E-state index contributed by atoms with van der Waals surface area (Å²) in [6.07, 6.45) is 3.39. The molecule has 0 bridgehead atoms. The number of pyridine rings is 1. The summed E-state index contributed by atoms with van der Waals surface area (Å²) in [5.74, 6) is 0.620. The van der Waals surface area contributed by atoms with Crippen molar-refractivity contribution in [2.75, 3.05) is 6.61 Å². The zero-order valence-electron chi connectivity index (χ0n) is 19.3. The Morgan fingerprint density at radius 1 is 1.27 bits per heavy atom. The number of hydrogen-bond donors (Lipinski definition) is 2. The molecule has 2 heterocycles. The molecule has 1 amide bonds. The summed E-state index contributed by atoms with van der Waals surface area (Å²) in [5, 5.41) is 20.4. The first-order chi connectivity index (χ1) is 15.8. The highest BCUT2D eigenvalue weighted by molar-refractivity contribution is 5.70. The van der Waals surface area contributed by atoms with Gasteiger partial charge < -0.3 is 19.9 Å². The first kappa shape index (κ1) is 23.0. The van der Waals surface area contributed by atoms with Crippen LogP contribution in [0, 0.1) is 24.7 Å². The quantitative estimate of drug-likeness (QED) is 0.619. The molecule has 2 N–H and O–H groups in total. The third-order valence-electron chi connectivity index (χ3n) is 6.60. The molecule has 0 aromatic carbocycles. The zero-order valence-corrected chi connectivity index (χ0v) is 19.3. The maximum Gasteiger partial charge on any atom is 0.407 e. The molecule has 2 unspecified atom stereocenters. The fourth-order valence-electron chi connectivity index (χ4n) is 4.26. The van der Waals surface area contributed by atoms with E-state index in [4.69, 9.17) is 9.47 Å². The Bertz CT molecular complexity index is 1020. The smallest absolute Gasteiger partial charge is 0.407 e. The molecule has 10 heteroatoms. The number of aryl methyl sites for hydroxylation is 2. The van der Waals surface area contributed by atoms with Crippen LogP contribution in [0.5, 0.6) is 5.75 Å². The third kappa shape index (κ3) is 5.61. The largest absolute Gasteiger partial charge is 0.489 e. The molecule has 2 saturated carbocycles. The number of alkyl carbamates (subject to hydrolysis) is 1. The highest BCUT2D eigenvalue weighted by atomic mass is 16.5. The van der Waals surface area contributed by atoms with Crippen molar-refractivity contribution in [3.63, 3.8) is 0 Å². The molecule has 10 nitrogen and oxygen atoms in total. The molecule has 2 aromatic heterocycles. The van der Waals surface area contributed by atoms with Gasteiger partial charge in [0.2, 0.25) is 0 Å². The number of carbonyl (C=O) groups excluding carboxylic acids is 1. The number of hydrogen-bond acceptors (Lipinski definition) is 7. The number of aromatic nitrogens is 4. The molecule has 2 fully saturated rings. The maximum absolute atomic E-state index is 12.0. The van der Waals surface area contributed by atoms with E-state index < -0.39 is 12.1 Å². The van der Waals surface area contributed by atoms with Crippen LogP contribution < -0.4 is 10.1 Å². The molecule has 0 aliphatic heterocycles. The van der Waals surface area contributed by atoms with Crippen LogP contribution in [0.2, 0.25) is 0 Å². The number of nitrogens with one attached hydrogen (secondary N) is 1. The predicted octanol–water partition coefficient (Wildman–Crippen LogP) is 3.09. The number of carboxylic acid groups (broad SMARTS) is 1. The van der Waals surface area contributed by atoms with Gasteiger partial charge >= 0.3 is 12.1 Å². The van der Waals surface area contributed by atoms with E-state index in [9.17, 15) is 14.7 Å². The van der Waals surface area contributed by atoms with E-state index in [1.54, 1.807) is 17.8 Å². The van der Waals surface area contributed by atoms with E-state index in [2.05, 4.69) is 27.5 Å².